The molecule has 0 fully saturated rings. The van der Waals surface area contributed by atoms with Crippen molar-refractivity contribution >= 4 is 95.7 Å². The Hall–Kier alpha value is -2.31. The number of nitrogens with zero attached hydrogens (tertiary/aromatic N) is 3. The van der Waals surface area contributed by atoms with Gasteiger partial charge < -0.3 is 0 Å². The molecule has 6 rings (SSSR count). The Kier molecular flexibility index (Phi) is 12.4. The van der Waals surface area contributed by atoms with Crippen LogP contribution in [-0.4, -0.2) is 83.7 Å². The van der Waals surface area contributed by atoms with Crippen LogP contribution in [0.4, 0.5) is 0 Å². The van der Waals surface area contributed by atoms with Crippen LogP contribution in [-0.2, 0) is 13.3 Å². The van der Waals surface area contributed by atoms with Crippen LogP contribution in [0.5, 0.6) is 0 Å². The number of hydrogen-bond acceptors (Lipinski definition) is 3. The summed E-state index contributed by atoms with van der Waals surface area (Å²) in [5.74, 6) is 0. The van der Waals surface area contributed by atoms with Gasteiger partial charge in [0.05, 0.1) is 0 Å². The summed E-state index contributed by atoms with van der Waals surface area (Å²) >= 11 is -3.03. The number of benzene rings is 3. The average Bonchev–Trinajstić information content (AvgIpc) is 3.91. The zero-order valence-electron chi connectivity index (χ0n) is 38.9. The Labute approximate surface area is 366 Å². The van der Waals surface area contributed by atoms with Gasteiger partial charge in [-0.25, -0.2) is 0 Å². The van der Waals surface area contributed by atoms with E-state index in [9.17, 15) is 0 Å². The third-order valence-electron chi connectivity index (χ3n) is 15.3. The molecular weight excluding hydrogens is 960 g/mol. The van der Waals surface area contributed by atoms with Crippen molar-refractivity contribution in [1.29, 1.82) is 0 Å². The van der Waals surface area contributed by atoms with E-state index in [-0.39, 0.29) is 51.2 Å². The minimum absolute atomic E-state index is 0.0329. The molecule has 58 heavy (non-hydrogen) atoms. The van der Waals surface area contributed by atoms with E-state index >= 15 is 0 Å². The Morgan fingerprint density at radius 3 is 0.862 bits per heavy atom. The first-order valence-electron chi connectivity index (χ1n) is 21.2. The van der Waals surface area contributed by atoms with Crippen molar-refractivity contribution < 1.29 is 13.3 Å². The molecule has 10 heteroatoms. The Morgan fingerprint density at radius 2 is 0.655 bits per heavy atom. The molecule has 6 unspecified atom stereocenters. The number of fused-ring (bicyclic) bond motifs is 3. The predicted octanol–water partition coefficient (Wildman–Crippen LogP) is 7.06. The van der Waals surface area contributed by atoms with Gasteiger partial charge in [-0.3, -0.25) is 0 Å². The minimum atomic E-state index is -3.03. The monoisotopic (exact) mass is 1030 g/mol. The second-order valence-electron chi connectivity index (χ2n) is 20.4. The Balaban J connectivity index is 1.60. The molecule has 0 spiro atoms. The van der Waals surface area contributed by atoms with Gasteiger partial charge in [-0.05, 0) is 0 Å². The fourth-order valence-electron chi connectivity index (χ4n) is 9.40. The molecule has 6 atom stereocenters. The summed E-state index contributed by atoms with van der Waals surface area (Å²) in [6.07, 6.45) is 6.85. The number of hydrogen-bond donors (Lipinski definition) is 0. The van der Waals surface area contributed by atoms with Crippen LogP contribution in [0.3, 0.4) is 0 Å². The third kappa shape index (κ3) is 7.43. The van der Waals surface area contributed by atoms with Crippen LogP contribution in [0.25, 0.3) is 32.7 Å². The first kappa shape index (κ1) is 45.2. The van der Waals surface area contributed by atoms with Gasteiger partial charge in [-0.1, -0.05) is 0 Å². The van der Waals surface area contributed by atoms with Crippen LogP contribution in [0.1, 0.15) is 122 Å². The van der Waals surface area contributed by atoms with E-state index in [1.54, 1.807) is 0 Å². The standard InChI is InChI=1S/3C16H24NOSi.Bi/c3*1-12(16(5,18-19)15(2,3)4)17-11-10-13-8-6-7-9-14(13)17;/h3*6,8-12H,1-5,19H3;. The number of aromatic nitrogens is 3. The molecule has 0 aliphatic rings. The summed E-state index contributed by atoms with van der Waals surface area (Å²) in [5.41, 5.74) is 2.80. The molecule has 3 heterocycles. The predicted molar refractivity (Wildman–Crippen MR) is 261 cm³/mol. The molecule has 6 aromatic rings. The van der Waals surface area contributed by atoms with Crippen molar-refractivity contribution in [2.45, 2.75) is 139 Å². The fraction of sp³-hybridized carbons (Fsp3) is 0.500. The molecule has 6 nitrogen and oxygen atoms in total. The van der Waals surface area contributed by atoms with Gasteiger partial charge >= 0.3 is 369 Å². The molecular formula is C48H72BiN3O3Si3. The van der Waals surface area contributed by atoms with Gasteiger partial charge in [0.15, 0.2) is 0 Å². The van der Waals surface area contributed by atoms with Crippen molar-refractivity contribution in [3.05, 3.63) is 91.4 Å². The molecule has 3 aromatic heterocycles. The first-order chi connectivity index (χ1) is 26.9. The summed E-state index contributed by atoms with van der Waals surface area (Å²) < 4.78 is 31.4. The second kappa shape index (κ2) is 15.9. The van der Waals surface area contributed by atoms with Crippen molar-refractivity contribution in [3.8, 4) is 0 Å². The molecule has 314 valence electrons. The van der Waals surface area contributed by atoms with E-state index in [4.69, 9.17) is 13.3 Å². The zero-order chi connectivity index (χ0) is 43.0. The third-order valence-corrected chi connectivity index (χ3v) is 27.1. The van der Waals surface area contributed by atoms with Crippen molar-refractivity contribution in [1.82, 2.24) is 13.7 Å². The summed E-state index contributed by atoms with van der Waals surface area (Å²) in [5, 5.41) is 3.82. The van der Waals surface area contributed by atoms with Crippen LogP contribution in [0.2, 0.25) is 0 Å². The first-order valence-corrected chi connectivity index (χ1v) is 28.8. The zero-order valence-corrected chi connectivity index (χ0v) is 48.4. The van der Waals surface area contributed by atoms with Gasteiger partial charge in [-0.15, -0.1) is 0 Å². The van der Waals surface area contributed by atoms with E-state index in [0.29, 0.717) is 31.5 Å². The molecule has 0 saturated heterocycles. The normalized spacial score (nSPS) is 18.2. The average molecular weight is 1030 g/mol. The van der Waals surface area contributed by atoms with E-state index in [1.165, 1.54) is 42.5 Å². The Bertz CT molecular complexity index is 2150. The molecule has 0 saturated carbocycles. The molecule has 0 aliphatic carbocycles. The molecule has 0 radical (unpaired) electrons. The quantitative estimate of drug-likeness (QED) is 0.124. The molecule has 0 bridgehead atoms. The fourth-order valence-corrected chi connectivity index (χ4v) is 21.3. The van der Waals surface area contributed by atoms with Crippen LogP contribution in [0, 0.1) is 16.2 Å². The maximum atomic E-state index is 6.50. The van der Waals surface area contributed by atoms with Gasteiger partial charge in [0, 0.05) is 0 Å². The van der Waals surface area contributed by atoms with E-state index < -0.39 is 21.8 Å². The summed E-state index contributed by atoms with van der Waals surface area (Å²) in [4.78, 5) is 0. The Morgan fingerprint density at radius 1 is 0.414 bits per heavy atom. The van der Waals surface area contributed by atoms with Crippen molar-refractivity contribution in [2.24, 2.45) is 16.2 Å². The van der Waals surface area contributed by atoms with Crippen LogP contribution >= 0.6 is 0 Å². The summed E-state index contributed by atoms with van der Waals surface area (Å²) in [6, 6.07) is 29.3. The van der Waals surface area contributed by atoms with Gasteiger partial charge in [0.25, 0.3) is 0 Å². The summed E-state index contributed by atoms with van der Waals surface area (Å²) in [6.45, 7) is 34.7. The summed E-state index contributed by atoms with van der Waals surface area (Å²) in [7, 11) is 2.05. The van der Waals surface area contributed by atoms with Gasteiger partial charge in [-0.2, -0.15) is 0 Å². The second-order valence-corrected chi connectivity index (χ2v) is 30.3. The van der Waals surface area contributed by atoms with E-state index in [0.717, 1.165) is 0 Å². The van der Waals surface area contributed by atoms with E-state index in [1.807, 2.05) is 0 Å². The van der Waals surface area contributed by atoms with Crippen molar-refractivity contribution in [2.75, 3.05) is 0 Å². The van der Waals surface area contributed by atoms with Gasteiger partial charge in [0.1, 0.15) is 0 Å². The molecule has 3 aromatic carbocycles. The molecule has 0 amide bonds. The van der Waals surface area contributed by atoms with E-state index in [2.05, 4.69) is 209 Å². The maximum absolute atomic E-state index is 6.50. The van der Waals surface area contributed by atoms with Crippen molar-refractivity contribution in [3.63, 3.8) is 0 Å². The molecule has 0 aliphatic heterocycles. The van der Waals surface area contributed by atoms with Crippen LogP contribution < -0.4 is 9.81 Å². The van der Waals surface area contributed by atoms with Gasteiger partial charge in [0.2, 0.25) is 0 Å². The van der Waals surface area contributed by atoms with Crippen LogP contribution in [0.15, 0.2) is 91.4 Å². The topological polar surface area (TPSA) is 42.5 Å². The molecule has 0 N–H and O–H groups in total. The SMILES string of the molecule is CC(n1ccc2cc[c]([Bi]([c]3ccc4ccn(C(C)C(C)(O[SiH3])C(C)(C)C)c4c3)[c]3ccc4ccn(C(C)C(C)(O[SiH3])C(C)(C)C)c4c3)cc21)C(C)(O[SiH3])C(C)(C)C. The number of rotatable bonds is 12.